The Morgan fingerprint density at radius 2 is 1.55 bits per heavy atom. The number of oxazole rings is 1. The number of ketones is 1. The molecular formula is C32H34ClN3O4. The van der Waals surface area contributed by atoms with E-state index in [4.69, 9.17) is 16.0 Å². The lowest BCUT2D eigenvalue weighted by molar-refractivity contribution is -0.123. The fourth-order valence-corrected chi connectivity index (χ4v) is 4.85. The van der Waals surface area contributed by atoms with Gasteiger partial charge in [0.1, 0.15) is 11.6 Å². The summed E-state index contributed by atoms with van der Waals surface area (Å²) in [7, 11) is 0. The smallest absolute Gasteiger partial charge is 0.266 e. The molecule has 2 N–H and O–H groups in total. The van der Waals surface area contributed by atoms with E-state index in [1.165, 1.54) is 0 Å². The average Bonchev–Trinajstić information content (AvgIpc) is 3.42. The molecule has 8 heteroatoms. The average molecular weight is 560 g/mol. The van der Waals surface area contributed by atoms with Crippen LogP contribution in [-0.4, -0.2) is 34.7 Å². The summed E-state index contributed by atoms with van der Waals surface area (Å²) < 4.78 is 5.64. The van der Waals surface area contributed by atoms with Crippen LogP contribution in [0.4, 0.5) is 0 Å². The maximum Gasteiger partial charge on any atom is 0.266 e. The lowest BCUT2D eigenvalue weighted by Gasteiger charge is -2.24. The summed E-state index contributed by atoms with van der Waals surface area (Å²) in [6.45, 7) is 5.93. The van der Waals surface area contributed by atoms with Crippen molar-refractivity contribution in [2.45, 2.75) is 58.5 Å². The number of fused-ring (bicyclic) bond motifs is 1. The van der Waals surface area contributed by atoms with Crippen molar-refractivity contribution in [1.29, 1.82) is 0 Å². The molecule has 0 spiro atoms. The van der Waals surface area contributed by atoms with Crippen LogP contribution in [0, 0.1) is 5.92 Å². The number of hydrogen-bond donors (Lipinski definition) is 2. The molecule has 7 nitrogen and oxygen atoms in total. The molecule has 0 saturated carbocycles. The number of nitrogens with zero attached hydrogens (tertiary/aromatic N) is 1. The van der Waals surface area contributed by atoms with Gasteiger partial charge < -0.3 is 15.1 Å². The van der Waals surface area contributed by atoms with Crippen molar-refractivity contribution < 1.29 is 18.8 Å². The summed E-state index contributed by atoms with van der Waals surface area (Å²) >= 11 is 6.12. The van der Waals surface area contributed by atoms with Crippen molar-refractivity contribution in [1.82, 2.24) is 15.6 Å². The first-order valence-electron chi connectivity index (χ1n) is 13.7. The molecular weight excluding hydrogens is 526 g/mol. The van der Waals surface area contributed by atoms with Gasteiger partial charge in [0.25, 0.3) is 11.8 Å². The lowest BCUT2D eigenvalue weighted by Crippen LogP contribution is -2.52. The van der Waals surface area contributed by atoms with Gasteiger partial charge in [0, 0.05) is 10.6 Å². The first-order chi connectivity index (χ1) is 19.3. The highest BCUT2D eigenvalue weighted by Gasteiger charge is 2.30. The van der Waals surface area contributed by atoms with Crippen molar-refractivity contribution in [3.63, 3.8) is 0 Å². The second kappa shape index (κ2) is 13.4. The zero-order valence-corrected chi connectivity index (χ0v) is 23.7. The van der Waals surface area contributed by atoms with Gasteiger partial charge in [-0.25, -0.2) is 4.98 Å². The largest absolute Gasteiger partial charge is 0.434 e. The Morgan fingerprint density at radius 1 is 0.825 bits per heavy atom. The van der Waals surface area contributed by atoms with E-state index < -0.39 is 23.8 Å². The van der Waals surface area contributed by atoms with Crippen LogP contribution in [0.2, 0.25) is 5.02 Å². The molecule has 40 heavy (non-hydrogen) atoms. The van der Waals surface area contributed by atoms with Crippen LogP contribution in [0.1, 0.15) is 67.5 Å². The summed E-state index contributed by atoms with van der Waals surface area (Å²) in [4.78, 5) is 44.2. The van der Waals surface area contributed by atoms with Gasteiger partial charge in [0.05, 0.1) is 6.04 Å². The molecule has 1 heterocycles. The van der Waals surface area contributed by atoms with E-state index in [9.17, 15) is 14.4 Å². The minimum atomic E-state index is -0.835. The summed E-state index contributed by atoms with van der Waals surface area (Å²) in [5, 5.41) is 6.38. The number of carbonyl (C=O) groups excluding carboxylic acids is 3. The number of aromatic nitrogens is 1. The predicted molar refractivity (Wildman–Crippen MR) is 157 cm³/mol. The third kappa shape index (κ3) is 6.96. The van der Waals surface area contributed by atoms with Gasteiger partial charge in [0.15, 0.2) is 5.58 Å². The van der Waals surface area contributed by atoms with Crippen LogP contribution in [-0.2, 0) is 4.79 Å². The van der Waals surface area contributed by atoms with Gasteiger partial charge in [-0.1, -0.05) is 81.6 Å². The van der Waals surface area contributed by atoms with Gasteiger partial charge in [-0.2, -0.15) is 0 Å². The molecule has 0 unspecified atom stereocenters. The molecule has 0 aliphatic rings. The van der Waals surface area contributed by atoms with Crippen LogP contribution in [0.3, 0.4) is 0 Å². The Bertz CT molecular complexity index is 1440. The van der Waals surface area contributed by atoms with Gasteiger partial charge >= 0.3 is 0 Å². The second-order valence-corrected chi connectivity index (χ2v) is 10.3. The van der Waals surface area contributed by atoms with E-state index in [0.717, 1.165) is 24.0 Å². The topological polar surface area (TPSA) is 101 Å². The number of rotatable bonds is 12. The molecule has 1 aromatic heterocycles. The molecule has 3 aromatic carbocycles. The number of halogens is 1. The fraction of sp³-hybridized carbons (Fsp3) is 0.312. The van der Waals surface area contributed by atoms with E-state index >= 15 is 0 Å². The molecule has 0 bridgehead atoms. The Hall–Kier alpha value is -3.97. The van der Waals surface area contributed by atoms with Gasteiger partial charge in [0.2, 0.25) is 11.7 Å². The van der Waals surface area contributed by atoms with E-state index in [2.05, 4.69) is 29.5 Å². The van der Waals surface area contributed by atoms with Crippen LogP contribution in [0.25, 0.3) is 22.2 Å². The number of hydrogen-bond acceptors (Lipinski definition) is 5. The third-order valence-corrected chi connectivity index (χ3v) is 7.43. The van der Waals surface area contributed by atoms with Crippen molar-refractivity contribution in [3.8, 4) is 11.1 Å². The number of nitrogens with one attached hydrogen (secondary N) is 2. The van der Waals surface area contributed by atoms with Crippen molar-refractivity contribution in [2.24, 2.45) is 5.92 Å². The predicted octanol–water partition coefficient (Wildman–Crippen LogP) is 6.85. The number of Topliss-reactive ketones (excluding diaryl/α,β-unsaturated/α-hetero) is 1. The van der Waals surface area contributed by atoms with Crippen LogP contribution >= 0.6 is 11.6 Å². The van der Waals surface area contributed by atoms with Gasteiger partial charge in [-0.3, -0.25) is 14.4 Å². The number of benzene rings is 3. The highest BCUT2D eigenvalue weighted by molar-refractivity contribution is 6.30. The Kier molecular flexibility index (Phi) is 9.72. The van der Waals surface area contributed by atoms with Crippen LogP contribution < -0.4 is 10.6 Å². The summed E-state index contributed by atoms with van der Waals surface area (Å²) in [5.41, 5.74) is 3.39. The van der Waals surface area contributed by atoms with Crippen molar-refractivity contribution in [3.05, 3.63) is 89.3 Å². The minimum absolute atomic E-state index is 0.0475. The van der Waals surface area contributed by atoms with E-state index in [1.807, 2.05) is 42.5 Å². The highest BCUT2D eigenvalue weighted by Crippen LogP contribution is 2.23. The Morgan fingerprint density at radius 3 is 2.20 bits per heavy atom. The first-order valence-corrected chi connectivity index (χ1v) is 14.1. The second-order valence-electron chi connectivity index (χ2n) is 9.85. The Balaban J connectivity index is 1.49. The van der Waals surface area contributed by atoms with E-state index in [0.29, 0.717) is 34.5 Å². The standard InChI is InChI=1S/C32H34ClN3O4/c1-4-20(5-2)18-27(35-30(38)22-16-14-21(15-17-22)23-10-9-11-24(33)19-23)31(39)34-25(6-3)29(37)32-36-26-12-7-8-13-28(26)40-32/h7-17,19-20,25,27H,4-6,18H2,1-3H3,(H,34,39)(H,35,38)/t25-,27-/m0/s1. The zero-order valence-electron chi connectivity index (χ0n) is 22.9. The maximum atomic E-state index is 13.5. The highest BCUT2D eigenvalue weighted by atomic mass is 35.5. The summed E-state index contributed by atoms with van der Waals surface area (Å²) in [6, 6.07) is 20.1. The zero-order chi connectivity index (χ0) is 28.6. The SMILES string of the molecule is CCC(CC)C[C@H](NC(=O)c1ccc(-c2cccc(Cl)c2)cc1)C(=O)N[C@@H](CC)C(=O)c1nc2ccccc2o1. The van der Waals surface area contributed by atoms with E-state index in [1.54, 1.807) is 37.3 Å². The van der Waals surface area contributed by atoms with Crippen LogP contribution in [0.5, 0.6) is 0 Å². The minimum Gasteiger partial charge on any atom is -0.434 e. The number of carbonyl (C=O) groups is 3. The van der Waals surface area contributed by atoms with Crippen molar-refractivity contribution >= 4 is 40.3 Å². The first kappa shape index (κ1) is 29.0. The number of para-hydroxylation sites is 2. The molecule has 2 amide bonds. The summed E-state index contributed by atoms with van der Waals surface area (Å²) in [6.07, 6.45) is 2.53. The molecule has 0 fully saturated rings. The number of amides is 2. The molecule has 0 radical (unpaired) electrons. The van der Waals surface area contributed by atoms with Gasteiger partial charge in [-0.05, 0) is 66.3 Å². The summed E-state index contributed by atoms with van der Waals surface area (Å²) in [5.74, 6) is -0.992. The molecule has 4 rings (SSSR count). The third-order valence-electron chi connectivity index (χ3n) is 7.20. The molecule has 0 saturated heterocycles. The van der Waals surface area contributed by atoms with E-state index in [-0.39, 0.29) is 17.7 Å². The van der Waals surface area contributed by atoms with Gasteiger partial charge in [-0.15, -0.1) is 0 Å². The molecule has 4 aromatic rings. The normalized spacial score (nSPS) is 12.7. The molecule has 208 valence electrons. The fourth-order valence-electron chi connectivity index (χ4n) is 4.66. The molecule has 2 atom stereocenters. The lowest BCUT2D eigenvalue weighted by atomic mass is 9.93. The van der Waals surface area contributed by atoms with Crippen LogP contribution in [0.15, 0.2) is 77.2 Å². The molecule has 0 aliphatic heterocycles. The quantitative estimate of drug-likeness (QED) is 0.185. The Labute approximate surface area is 239 Å². The maximum absolute atomic E-state index is 13.5. The van der Waals surface area contributed by atoms with Crippen molar-refractivity contribution in [2.75, 3.05) is 0 Å². The monoisotopic (exact) mass is 559 g/mol. The molecule has 0 aliphatic carbocycles.